The van der Waals surface area contributed by atoms with Gasteiger partial charge in [-0.25, -0.2) is 8.42 Å². The molecule has 1 N–H and O–H groups in total. The maximum absolute atomic E-state index is 12.4. The molecule has 3 aromatic rings. The normalized spacial score (nSPS) is 12.1. The molecule has 6 nitrogen and oxygen atoms in total. The van der Waals surface area contributed by atoms with E-state index in [2.05, 4.69) is 5.32 Å². The third-order valence-corrected chi connectivity index (χ3v) is 6.16. The zero-order valence-electron chi connectivity index (χ0n) is 18.5. The van der Waals surface area contributed by atoms with Crippen molar-refractivity contribution in [1.82, 2.24) is 5.32 Å². The van der Waals surface area contributed by atoms with Gasteiger partial charge in [-0.15, -0.1) is 0 Å². The zero-order valence-corrected chi connectivity index (χ0v) is 19.3. The van der Waals surface area contributed by atoms with Crippen molar-refractivity contribution in [3.05, 3.63) is 95.6 Å². The van der Waals surface area contributed by atoms with Crippen LogP contribution in [0.2, 0.25) is 0 Å². The fourth-order valence-corrected chi connectivity index (χ4v) is 4.11. The van der Waals surface area contributed by atoms with E-state index < -0.39 is 10.0 Å². The van der Waals surface area contributed by atoms with Crippen molar-refractivity contribution in [3.8, 4) is 5.75 Å². The number of anilines is 1. The van der Waals surface area contributed by atoms with Crippen LogP contribution < -0.4 is 14.4 Å². The van der Waals surface area contributed by atoms with Gasteiger partial charge in [0.2, 0.25) is 10.0 Å². The minimum atomic E-state index is -3.48. The summed E-state index contributed by atoms with van der Waals surface area (Å²) in [6.45, 7) is 4.00. The summed E-state index contributed by atoms with van der Waals surface area (Å²) in [5.41, 5.74) is 3.55. The third kappa shape index (κ3) is 6.59. The first-order chi connectivity index (χ1) is 15.2. The lowest BCUT2D eigenvalue weighted by Gasteiger charge is -2.23. The summed E-state index contributed by atoms with van der Waals surface area (Å²) in [7, 11) is -3.48. The van der Waals surface area contributed by atoms with E-state index in [1.807, 2.05) is 68.4 Å². The first kappa shape index (κ1) is 23.3. The number of amides is 1. The lowest BCUT2D eigenvalue weighted by Crippen LogP contribution is -2.31. The number of benzene rings is 3. The first-order valence-electron chi connectivity index (χ1n) is 10.3. The highest BCUT2D eigenvalue weighted by Crippen LogP contribution is 2.24. The number of carbonyl (C=O) groups is 1. The van der Waals surface area contributed by atoms with Gasteiger partial charge < -0.3 is 10.1 Å². The summed E-state index contributed by atoms with van der Waals surface area (Å²) in [5, 5.41) is 2.90. The molecule has 0 saturated heterocycles. The Hall–Kier alpha value is -3.32. The van der Waals surface area contributed by atoms with Crippen LogP contribution in [0.1, 0.15) is 29.7 Å². The van der Waals surface area contributed by atoms with Crippen LogP contribution in [0.4, 0.5) is 5.69 Å². The van der Waals surface area contributed by atoms with Crippen LogP contribution in [0.25, 0.3) is 0 Å². The van der Waals surface area contributed by atoms with Gasteiger partial charge in [0, 0.05) is 0 Å². The van der Waals surface area contributed by atoms with Gasteiger partial charge in [-0.3, -0.25) is 9.10 Å². The van der Waals surface area contributed by atoms with E-state index in [-0.39, 0.29) is 25.1 Å². The number of carbonyl (C=O) groups excluding carboxylic acids is 1. The van der Waals surface area contributed by atoms with Crippen molar-refractivity contribution in [2.45, 2.75) is 26.4 Å². The first-order valence-corrected chi connectivity index (χ1v) is 12.2. The van der Waals surface area contributed by atoms with E-state index in [0.29, 0.717) is 11.4 Å². The molecule has 0 radical (unpaired) electrons. The van der Waals surface area contributed by atoms with E-state index in [1.54, 1.807) is 24.3 Å². The van der Waals surface area contributed by atoms with Crippen molar-refractivity contribution in [1.29, 1.82) is 0 Å². The second-order valence-corrected chi connectivity index (χ2v) is 9.64. The van der Waals surface area contributed by atoms with Gasteiger partial charge in [-0.1, -0.05) is 60.2 Å². The van der Waals surface area contributed by atoms with Crippen molar-refractivity contribution < 1.29 is 17.9 Å². The Morgan fingerprint density at radius 1 is 0.969 bits per heavy atom. The van der Waals surface area contributed by atoms with E-state index in [0.717, 1.165) is 16.7 Å². The molecule has 0 aliphatic carbocycles. The topological polar surface area (TPSA) is 75.7 Å². The molecular formula is C25H28N2O4S. The molecule has 1 amide bonds. The standard InChI is InChI=1S/C25H28N2O4S/c1-19-9-11-21(12-10-19)17-27(32(3,29)30)23-13-15-24(16-14-23)31-18-25(28)26-20(2)22-7-5-4-6-8-22/h4-16,20H,17-18H2,1-3H3,(H,26,28)/t20-/m1/s1. The van der Waals surface area contributed by atoms with Gasteiger partial charge in [0.25, 0.3) is 5.91 Å². The van der Waals surface area contributed by atoms with E-state index in [9.17, 15) is 13.2 Å². The summed E-state index contributed by atoms with van der Waals surface area (Å²) in [5.74, 6) is 0.252. The number of hydrogen-bond donors (Lipinski definition) is 1. The molecule has 168 valence electrons. The minimum Gasteiger partial charge on any atom is -0.484 e. The SMILES string of the molecule is Cc1ccc(CN(c2ccc(OCC(=O)N[C@H](C)c3ccccc3)cc2)S(C)(=O)=O)cc1. The number of sulfonamides is 1. The second-order valence-electron chi connectivity index (χ2n) is 7.74. The van der Waals surface area contributed by atoms with Gasteiger partial charge in [0.05, 0.1) is 24.5 Å². The Balaban J connectivity index is 1.61. The molecule has 0 saturated carbocycles. The van der Waals surface area contributed by atoms with Crippen LogP contribution in [0.5, 0.6) is 5.75 Å². The molecular weight excluding hydrogens is 424 g/mol. The summed E-state index contributed by atoms with van der Waals surface area (Å²) in [4.78, 5) is 12.2. The van der Waals surface area contributed by atoms with E-state index in [4.69, 9.17) is 4.74 Å². The number of aryl methyl sites for hydroxylation is 1. The number of nitrogens with zero attached hydrogens (tertiary/aromatic N) is 1. The molecule has 32 heavy (non-hydrogen) atoms. The third-order valence-electron chi connectivity index (χ3n) is 5.02. The molecule has 3 aromatic carbocycles. The molecule has 1 atom stereocenters. The fourth-order valence-electron chi connectivity index (χ4n) is 3.23. The lowest BCUT2D eigenvalue weighted by molar-refractivity contribution is -0.123. The number of nitrogens with one attached hydrogen (secondary N) is 1. The van der Waals surface area contributed by atoms with E-state index in [1.165, 1.54) is 10.6 Å². The number of ether oxygens (including phenoxy) is 1. The number of rotatable bonds is 9. The second kappa shape index (κ2) is 10.3. The smallest absolute Gasteiger partial charge is 0.258 e. The lowest BCUT2D eigenvalue weighted by atomic mass is 10.1. The van der Waals surface area contributed by atoms with Crippen molar-refractivity contribution in [2.75, 3.05) is 17.2 Å². The monoisotopic (exact) mass is 452 g/mol. The predicted octanol–water partition coefficient (Wildman–Crippen LogP) is 4.22. The van der Waals surface area contributed by atoms with Crippen LogP contribution >= 0.6 is 0 Å². The average Bonchev–Trinajstić information content (AvgIpc) is 2.77. The molecule has 0 aromatic heterocycles. The van der Waals surface area contributed by atoms with E-state index >= 15 is 0 Å². The molecule has 0 aliphatic rings. The largest absolute Gasteiger partial charge is 0.484 e. The Labute approximate surface area is 189 Å². The van der Waals surface area contributed by atoms with Crippen LogP contribution in [0.3, 0.4) is 0 Å². The predicted molar refractivity (Wildman–Crippen MR) is 127 cm³/mol. The minimum absolute atomic E-state index is 0.125. The highest BCUT2D eigenvalue weighted by molar-refractivity contribution is 7.92. The number of hydrogen-bond acceptors (Lipinski definition) is 4. The van der Waals surface area contributed by atoms with Crippen LogP contribution in [-0.2, 0) is 21.4 Å². The molecule has 0 heterocycles. The van der Waals surface area contributed by atoms with Crippen LogP contribution in [0, 0.1) is 6.92 Å². The molecule has 3 rings (SSSR count). The summed E-state index contributed by atoms with van der Waals surface area (Å²) in [6, 6.07) is 24.0. The zero-order chi connectivity index (χ0) is 23.1. The molecule has 0 aliphatic heterocycles. The van der Waals surface area contributed by atoms with Gasteiger partial charge in [0.1, 0.15) is 5.75 Å². The van der Waals surface area contributed by atoms with Crippen molar-refractivity contribution in [2.24, 2.45) is 0 Å². The molecule has 0 spiro atoms. The van der Waals surface area contributed by atoms with Gasteiger partial charge in [-0.05, 0) is 49.2 Å². The van der Waals surface area contributed by atoms with Gasteiger partial charge in [-0.2, -0.15) is 0 Å². The maximum Gasteiger partial charge on any atom is 0.258 e. The van der Waals surface area contributed by atoms with Crippen molar-refractivity contribution >= 4 is 21.6 Å². The van der Waals surface area contributed by atoms with Crippen LogP contribution in [0.15, 0.2) is 78.9 Å². The Morgan fingerprint density at radius 2 is 1.59 bits per heavy atom. The van der Waals surface area contributed by atoms with Gasteiger partial charge >= 0.3 is 0 Å². The molecule has 0 bridgehead atoms. The molecule has 0 unspecified atom stereocenters. The Bertz CT molecular complexity index is 1130. The summed E-state index contributed by atoms with van der Waals surface area (Å²) >= 11 is 0. The average molecular weight is 453 g/mol. The molecule has 7 heteroatoms. The maximum atomic E-state index is 12.4. The Kier molecular flexibility index (Phi) is 7.53. The highest BCUT2D eigenvalue weighted by Gasteiger charge is 2.18. The summed E-state index contributed by atoms with van der Waals surface area (Å²) < 4.78 is 31.6. The quantitative estimate of drug-likeness (QED) is 0.528. The van der Waals surface area contributed by atoms with Gasteiger partial charge in [0.15, 0.2) is 6.61 Å². The van der Waals surface area contributed by atoms with Crippen molar-refractivity contribution in [3.63, 3.8) is 0 Å². The summed E-state index contributed by atoms with van der Waals surface area (Å²) in [6.07, 6.45) is 1.18. The molecule has 0 fully saturated rings. The Morgan fingerprint density at radius 3 is 2.19 bits per heavy atom. The fraction of sp³-hybridized carbons (Fsp3) is 0.240. The van der Waals surface area contributed by atoms with Crippen LogP contribution in [-0.4, -0.2) is 27.2 Å². The highest BCUT2D eigenvalue weighted by atomic mass is 32.2.